The summed E-state index contributed by atoms with van der Waals surface area (Å²) in [4.78, 5) is 29.7. The molecule has 5 nitrogen and oxygen atoms in total. The highest BCUT2D eigenvalue weighted by atomic mass is 35.5. The minimum Gasteiger partial charge on any atom is -0.366 e. The quantitative estimate of drug-likeness (QED) is 0.600. The molecule has 6 heteroatoms. The van der Waals surface area contributed by atoms with Crippen LogP contribution in [-0.4, -0.2) is 42.9 Å². The molecule has 2 amide bonds. The van der Waals surface area contributed by atoms with Crippen molar-refractivity contribution >= 4 is 34.8 Å². The average molecular weight is 448 g/mol. The fourth-order valence-electron chi connectivity index (χ4n) is 4.08. The molecule has 0 aliphatic carbocycles. The van der Waals surface area contributed by atoms with Gasteiger partial charge in [-0.15, -0.1) is 0 Å². The van der Waals surface area contributed by atoms with Gasteiger partial charge < -0.3 is 15.1 Å². The number of hydrogen-bond acceptors (Lipinski definition) is 3. The SMILES string of the molecule is Cc1cc(C)cc(C(=O)Nc2ccccc2N2CCN(C(=O)c3ccc(Cl)cc3)CC2)c1. The number of amides is 2. The average Bonchev–Trinajstić information content (AvgIpc) is 2.79. The highest BCUT2D eigenvalue weighted by Crippen LogP contribution is 2.27. The van der Waals surface area contributed by atoms with Gasteiger partial charge in [0.1, 0.15) is 0 Å². The molecule has 0 atom stereocenters. The summed E-state index contributed by atoms with van der Waals surface area (Å²) in [7, 11) is 0. The van der Waals surface area contributed by atoms with Gasteiger partial charge in [0, 0.05) is 42.3 Å². The molecule has 0 spiro atoms. The smallest absolute Gasteiger partial charge is 0.255 e. The zero-order chi connectivity index (χ0) is 22.7. The Hall–Kier alpha value is -3.31. The Bertz CT molecular complexity index is 1120. The van der Waals surface area contributed by atoms with Gasteiger partial charge in [-0.3, -0.25) is 9.59 Å². The number of piperazine rings is 1. The molecular weight excluding hydrogens is 422 g/mol. The molecule has 4 rings (SSSR count). The van der Waals surface area contributed by atoms with Crippen LogP contribution in [0.15, 0.2) is 66.7 Å². The van der Waals surface area contributed by atoms with Crippen LogP contribution in [0.2, 0.25) is 5.02 Å². The van der Waals surface area contributed by atoms with Crippen molar-refractivity contribution in [1.29, 1.82) is 0 Å². The minimum atomic E-state index is -0.124. The van der Waals surface area contributed by atoms with Crippen molar-refractivity contribution in [1.82, 2.24) is 4.90 Å². The molecule has 0 unspecified atom stereocenters. The van der Waals surface area contributed by atoms with E-state index in [1.165, 1.54) is 0 Å². The number of nitrogens with one attached hydrogen (secondary N) is 1. The molecule has 1 aliphatic heterocycles. The molecule has 0 radical (unpaired) electrons. The van der Waals surface area contributed by atoms with Crippen molar-refractivity contribution in [2.45, 2.75) is 13.8 Å². The summed E-state index contributed by atoms with van der Waals surface area (Å²) in [5, 5.41) is 3.69. The molecular formula is C26H26ClN3O2. The maximum Gasteiger partial charge on any atom is 0.255 e. The maximum absolute atomic E-state index is 12.9. The molecule has 32 heavy (non-hydrogen) atoms. The number of nitrogens with zero attached hydrogens (tertiary/aromatic N) is 2. The minimum absolute atomic E-state index is 0.0118. The number of rotatable bonds is 4. The lowest BCUT2D eigenvalue weighted by molar-refractivity contribution is 0.0746. The molecule has 1 N–H and O–H groups in total. The Balaban J connectivity index is 1.45. The fraction of sp³-hybridized carbons (Fsp3) is 0.231. The third-order valence-electron chi connectivity index (χ3n) is 5.63. The third kappa shape index (κ3) is 4.94. The van der Waals surface area contributed by atoms with Crippen molar-refractivity contribution in [3.8, 4) is 0 Å². The second-order valence-corrected chi connectivity index (χ2v) is 8.57. The first kappa shape index (κ1) is 21.9. The number of aryl methyl sites for hydroxylation is 2. The normalized spacial score (nSPS) is 13.7. The summed E-state index contributed by atoms with van der Waals surface area (Å²) in [6.07, 6.45) is 0. The third-order valence-corrected chi connectivity index (χ3v) is 5.89. The number of anilines is 2. The van der Waals surface area contributed by atoms with E-state index in [0.717, 1.165) is 22.5 Å². The summed E-state index contributed by atoms with van der Waals surface area (Å²) in [6.45, 7) is 6.58. The van der Waals surface area contributed by atoms with Crippen molar-refractivity contribution in [3.05, 3.63) is 94.0 Å². The van der Waals surface area contributed by atoms with E-state index in [0.29, 0.717) is 42.3 Å². The fourth-order valence-corrected chi connectivity index (χ4v) is 4.21. The number of benzene rings is 3. The summed E-state index contributed by atoms with van der Waals surface area (Å²) in [5.41, 5.74) is 5.15. The van der Waals surface area contributed by atoms with Gasteiger partial charge >= 0.3 is 0 Å². The predicted octanol–water partition coefficient (Wildman–Crippen LogP) is 5.17. The molecule has 3 aromatic carbocycles. The molecule has 0 saturated carbocycles. The van der Waals surface area contributed by atoms with Crippen LogP contribution in [0.3, 0.4) is 0 Å². The molecule has 1 fully saturated rings. The summed E-state index contributed by atoms with van der Waals surface area (Å²) < 4.78 is 0. The topological polar surface area (TPSA) is 52.7 Å². The number of halogens is 1. The van der Waals surface area contributed by atoms with Gasteiger partial charge in [0.2, 0.25) is 0 Å². The molecule has 0 aromatic heterocycles. The largest absolute Gasteiger partial charge is 0.366 e. The highest BCUT2D eigenvalue weighted by Gasteiger charge is 2.24. The first-order valence-electron chi connectivity index (χ1n) is 10.7. The van der Waals surface area contributed by atoms with Gasteiger partial charge in [0.05, 0.1) is 11.4 Å². The van der Waals surface area contributed by atoms with E-state index >= 15 is 0 Å². The molecule has 1 heterocycles. The van der Waals surface area contributed by atoms with E-state index in [-0.39, 0.29) is 11.8 Å². The Labute approximate surface area is 193 Å². The van der Waals surface area contributed by atoms with Crippen LogP contribution in [0.4, 0.5) is 11.4 Å². The van der Waals surface area contributed by atoms with E-state index in [4.69, 9.17) is 11.6 Å². The van der Waals surface area contributed by atoms with Crippen LogP contribution in [0, 0.1) is 13.8 Å². The lowest BCUT2D eigenvalue weighted by atomic mass is 10.1. The number of hydrogen-bond donors (Lipinski definition) is 1. The molecule has 164 valence electrons. The number of carbonyl (C=O) groups is 2. The summed E-state index contributed by atoms with van der Waals surface area (Å²) >= 11 is 5.93. The van der Waals surface area contributed by atoms with E-state index in [1.807, 2.05) is 55.1 Å². The Morgan fingerprint density at radius 1 is 0.812 bits per heavy atom. The predicted molar refractivity (Wildman–Crippen MR) is 130 cm³/mol. The molecule has 0 bridgehead atoms. The molecule has 3 aromatic rings. The van der Waals surface area contributed by atoms with Crippen molar-refractivity contribution in [2.75, 3.05) is 36.4 Å². The Morgan fingerprint density at radius 2 is 1.44 bits per heavy atom. The van der Waals surface area contributed by atoms with Crippen molar-refractivity contribution < 1.29 is 9.59 Å². The van der Waals surface area contributed by atoms with Crippen LogP contribution in [-0.2, 0) is 0 Å². The van der Waals surface area contributed by atoms with E-state index in [2.05, 4.69) is 16.3 Å². The standard InChI is InChI=1S/C26H26ClN3O2/c1-18-15-19(2)17-21(16-18)25(31)28-23-5-3-4-6-24(23)29-11-13-30(14-12-29)26(32)20-7-9-22(27)10-8-20/h3-10,15-17H,11-14H2,1-2H3,(H,28,31). The van der Waals surface area contributed by atoms with Gasteiger partial charge in [-0.2, -0.15) is 0 Å². The van der Waals surface area contributed by atoms with Crippen molar-refractivity contribution in [2.24, 2.45) is 0 Å². The van der Waals surface area contributed by atoms with Gasteiger partial charge in [0.25, 0.3) is 11.8 Å². The van der Waals surface area contributed by atoms with E-state index in [9.17, 15) is 9.59 Å². The second-order valence-electron chi connectivity index (χ2n) is 8.13. The van der Waals surface area contributed by atoms with Gasteiger partial charge in [-0.05, 0) is 62.4 Å². The van der Waals surface area contributed by atoms with Crippen LogP contribution in [0.25, 0.3) is 0 Å². The van der Waals surface area contributed by atoms with Crippen LogP contribution in [0.5, 0.6) is 0 Å². The van der Waals surface area contributed by atoms with Crippen LogP contribution >= 0.6 is 11.6 Å². The zero-order valence-corrected chi connectivity index (χ0v) is 19.0. The van der Waals surface area contributed by atoms with Crippen molar-refractivity contribution in [3.63, 3.8) is 0 Å². The Kier molecular flexibility index (Phi) is 6.47. The zero-order valence-electron chi connectivity index (χ0n) is 18.3. The monoisotopic (exact) mass is 447 g/mol. The number of carbonyl (C=O) groups excluding carboxylic acids is 2. The van der Waals surface area contributed by atoms with Gasteiger partial charge in [0.15, 0.2) is 0 Å². The van der Waals surface area contributed by atoms with Crippen LogP contribution < -0.4 is 10.2 Å². The summed E-state index contributed by atoms with van der Waals surface area (Å²) in [6, 6.07) is 20.6. The lowest BCUT2D eigenvalue weighted by Crippen LogP contribution is -2.49. The second kappa shape index (κ2) is 9.45. The van der Waals surface area contributed by atoms with Gasteiger partial charge in [-0.25, -0.2) is 0 Å². The molecule has 1 saturated heterocycles. The maximum atomic E-state index is 12.9. The number of para-hydroxylation sites is 2. The first-order chi connectivity index (χ1) is 15.4. The van der Waals surface area contributed by atoms with E-state index < -0.39 is 0 Å². The Morgan fingerprint density at radius 3 is 2.09 bits per heavy atom. The molecule has 1 aliphatic rings. The van der Waals surface area contributed by atoms with Crippen LogP contribution in [0.1, 0.15) is 31.8 Å². The first-order valence-corrected chi connectivity index (χ1v) is 11.1. The lowest BCUT2D eigenvalue weighted by Gasteiger charge is -2.37. The highest BCUT2D eigenvalue weighted by molar-refractivity contribution is 6.30. The van der Waals surface area contributed by atoms with E-state index in [1.54, 1.807) is 24.3 Å². The van der Waals surface area contributed by atoms with Gasteiger partial charge in [-0.1, -0.05) is 40.9 Å². The summed E-state index contributed by atoms with van der Waals surface area (Å²) in [5.74, 6) is -0.112.